The van der Waals surface area contributed by atoms with E-state index < -0.39 is 11.9 Å². The topological polar surface area (TPSA) is 55.4 Å². The van der Waals surface area contributed by atoms with Crippen LogP contribution in [0, 0.1) is 0 Å². The summed E-state index contributed by atoms with van der Waals surface area (Å²) in [6.07, 6.45) is 20.9. The number of unbranched alkanes of at least 4 members (excludes halogenated alkanes) is 11. The zero-order valence-electron chi connectivity index (χ0n) is 16.9. The van der Waals surface area contributed by atoms with Gasteiger partial charge in [0.2, 0.25) is 0 Å². The highest BCUT2D eigenvalue weighted by Gasteiger charge is 2.08. The van der Waals surface area contributed by atoms with E-state index in [9.17, 15) is 9.59 Å². The Kier molecular flexibility index (Phi) is 23.3. The molecule has 4 nitrogen and oxygen atoms in total. The first-order valence-electron chi connectivity index (χ1n) is 10.2. The Morgan fingerprint density at radius 3 is 1.81 bits per heavy atom. The van der Waals surface area contributed by atoms with Crippen LogP contribution in [0.3, 0.4) is 0 Å². The van der Waals surface area contributed by atoms with Crippen molar-refractivity contribution in [3.63, 3.8) is 0 Å². The molecule has 0 saturated heterocycles. The summed E-state index contributed by atoms with van der Waals surface area (Å²) in [4.78, 5) is 22.5. The van der Waals surface area contributed by atoms with Crippen LogP contribution in [0.15, 0.2) is 12.2 Å². The summed E-state index contributed by atoms with van der Waals surface area (Å²) in [6, 6.07) is 0. The monoisotopic (exact) mass is 389 g/mol. The number of carbonyl (C=O) groups excluding carboxylic acids is 2. The van der Waals surface area contributed by atoms with Crippen LogP contribution in [0.2, 0.25) is 0 Å². The fraction of sp³-hybridized carbons (Fsp3) is 0.810. The van der Waals surface area contributed by atoms with Crippen molar-refractivity contribution in [2.24, 2.45) is 0 Å². The Hall–Kier alpha value is -0.870. The lowest BCUT2D eigenvalue weighted by Crippen LogP contribution is -2.23. The largest absolute Gasteiger partial charge is 0.392 e. The van der Waals surface area contributed by atoms with Gasteiger partial charge in [0.05, 0.1) is 6.54 Å². The van der Waals surface area contributed by atoms with Crippen molar-refractivity contribution in [2.45, 2.75) is 96.8 Å². The third-order valence-electron chi connectivity index (χ3n) is 4.19. The molecule has 0 heterocycles. The van der Waals surface area contributed by atoms with Gasteiger partial charge >= 0.3 is 11.9 Å². The molecule has 0 bridgehead atoms. The number of halogens is 1. The molecule has 0 aliphatic heterocycles. The van der Waals surface area contributed by atoms with Gasteiger partial charge in [-0.25, -0.2) is 0 Å². The molecule has 0 aliphatic carbocycles. The highest BCUT2D eigenvalue weighted by atomic mass is 35.5. The van der Waals surface area contributed by atoms with Crippen LogP contribution in [0.5, 0.6) is 0 Å². The zero-order chi connectivity index (χ0) is 18.6. The van der Waals surface area contributed by atoms with Crippen LogP contribution in [-0.4, -0.2) is 25.5 Å². The van der Waals surface area contributed by atoms with Gasteiger partial charge in [0.25, 0.3) is 0 Å². The number of esters is 2. The van der Waals surface area contributed by atoms with Crippen molar-refractivity contribution in [3.05, 3.63) is 12.2 Å². The van der Waals surface area contributed by atoms with E-state index in [2.05, 4.69) is 29.1 Å². The van der Waals surface area contributed by atoms with Gasteiger partial charge in [-0.2, -0.15) is 0 Å². The smallest absolute Gasteiger partial charge is 0.327 e. The van der Waals surface area contributed by atoms with E-state index in [4.69, 9.17) is 0 Å². The minimum absolute atomic E-state index is 0. The molecule has 0 atom stereocenters. The number of allylic oxidation sites excluding steroid dienone is 2. The molecule has 5 heteroatoms. The number of ether oxygens (including phenoxy) is 1. The molecular weight excluding hydrogens is 350 g/mol. The first kappa shape index (κ1) is 27.3. The van der Waals surface area contributed by atoms with Gasteiger partial charge in [-0.3, -0.25) is 9.59 Å². The second-order valence-corrected chi connectivity index (χ2v) is 6.71. The van der Waals surface area contributed by atoms with Crippen molar-refractivity contribution < 1.29 is 14.3 Å². The van der Waals surface area contributed by atoms with E-state index in [-0.39, 0.29) is 19.0 Å². The SMILES string of the molecule is CCCCCCCC/C=C\CCCCCCCC(=O)OC(=O)CNC.Cl. The fourth-order valence-electron chi connectivity index (χ4n) is 2.70. The molecule has 0 radical (unpaired) electrons. The summed E-state index contributed by atoms with van der Waals surface area (Å²) in [7, 11) is 1.65. The van der Waals surface area contributed by atoms with Crippen molar-refractivity contribution in [2.75, 3.05) is 13.6 Å². The van der Waals surface area contributed by atoms with E-state index >= 15 is 0 Å². The minimum atomic E-state index is -0.500. The second-order valence-electron chi connectivity index (χ2n) is 6.71. The predicted octanol–water partition coefficient (Wildman–Crippen LogP) is 5.73. The summed E-state index contributed by atoms with van der Waals surface area (Å²) in [6.45, 7) is 2.34. The van der Waals surface area contributed by atoms with Crippen molar-refractivity contribution in [3.8, 4) is 0 Å². The Bertz CT molecular complexity index is 359. The van der Waals surface area contributed by atoms with Gasteiger partial charge < -0.3 is 10.1 Å². The molecule has 0 aromatic carbocycles. The van der Waals surface area contributed by atoms with E-state index in [0.29, 0.717) is 6.42 Å². The first-order chi connectivity index (χ1) is 12.2. The summed E-state index contributed by atoms with van der Waals surface area (Å²) in [5.74, 6) is -0.905. The molecule has 0 aromatic heterocycles. The van der Waals surface area contributed by atoms with Crippen LogP contribution >= 0.6 is 12.4 Å². The van der Waals surface area contributed by atoms with Gasteiger partial charge in [-0.1, -0.05) is 70.4 Å². The van der Waals surface area contributed by atoms with Crippen LogP contribution in [0.4, 0.5) is 0 Å². The van der Waals surface area contributed by atoms with E-state index in [1.165, 1.54) is 57.8 Å². The summed E-state index contributed by atoms with van der Waals surface area (Å²) in [5.41, 5.74) is 0. The minimum Gasteiger partial charge on any atom is -0.392 e. The third-order valence-corrected chi connectivity index (χ3v) is 4.19. The van der Waals surface area contributed by atoms with Crippen LogP contribution in [0.25, 0.3) is 0 Å². The third kappa shape index (κ3) is 21.2. The zero-order valence-corrected chi connectivity index (χ0v) is 17.7. The predicted molar refractivity (Wildman–Crippen MR) is 112 cm³/mol. The molecule has 26 heavy (non-hydrogen) atoms. The lowest BCUT2D eigenvalue weighted by Gasteiger charge is -2.02. The highest BCUT2D eigenvalue weighted by molar-refractivity contribution is 5.86. The van der Waals surface area contributed by atoms with Crippen LogP contribution < -0.4 is 5.32 Å². The summed E-state index contributed by atoms with van der Waals surface area (Å²) < 4.78 is 4.66. The normalized spacial score (nSPS) is 10.7. The van der Waals surface area contributed by atoms with Gasteiger partial charge in [0.1, 0.15) is 0 Å². The Morgan fingerprint density at radius 1 is 0.769 bits per heavy atom. The molecule has 154 valence electrons. The van der Waals surface area contributed by atoms with E-state index in [0.717, 1.165) is 25.7 Å². The molecule has 0 aromatic rings. The Labute approximate surface area is 166 Å². The van der Waals surface area contributed by atoms with Gasteiger partial charge in [0, 0.05) is 6.42 Å². The summed E-state index contributed by atoms with van der Waals surface area (Å²) in [5, 5.41) is 2.66. The number of hydrogen-bond acceptors (Lipinski definition) is 4. The van der Waals surface area contributed by atoms with Gasteiger partial charge in [-0.15, -0.1) is 12.4 Å². The maximum Gasteiger partial charge on any atom is 0.327 e. The van der Waals surface area contributed by atoms with Crippen LogP contribution in [0.1, 0.15) is 96.8 Å². The number of rotatable bonds is 17. The number of nitrogens with one attached hydrogen (secondary N) is 1. The Balaban J connectivity index is 0. The molecule has 0 spiro atoms. The number of likely N-dealkylation sites (N-methyl/N-ethyl adjacent to an activating group) is 1. The molecule has 0 aliphatic rings. The second kappa shape index (κ2) is 22.2. The lowest BCUT2D eigenvalue weighted by atomic mass is 10.1. The van der Waals surface area contributed by atoms with Gasteiger partial charge in [-0.05, 0) is 39.2 Å². The lowest BCUT2D eigenvalue weighted by molar-refractivity contribution is -0.158. The van der Waals surface area contributed by atoms with E-state index in [1.807, 2.05) is 0 Å². The Morgan fingerprint density at radius 2 is 1.27 bits per heavy atom. The molecule has 0 rings (SSSR count). The standard InChI is InChI=1S/C21H39NO3.ClH/c1-3-4-5-6-7-8-9-10-11-12-13-14-15-16-17-18-20(23)25-21(24)19-22-2;/h10-11,22H,3-9,12-19H2,1-2H3;1H/b11-10-;. The summed E-state index contributed by atoms with van der Waals surface area (Å²) >= 11 is 0. The average Bonchev–Trinajstić information content (AvgIpc) is 2.58. The number of carbonyl (C=O) groups is 2. The molecule has 0 fully saturated rings. The number of hydrogen-bond donors (Lipinski definition) is 1. The molecule has 1 N–H and O–H groups in total. The molecule has 0 saturated carbocycles. The van der Waals surface area contributed by atoms with E-state index in [1.54, 1.807) is 7.05 Å². The van der Waals surface area contributed by atoms with Crippen molar-refractivity contribution in [1.82, 2.24) is 5.32 Å². The fourth-order valence-corrected chi connectivity index (χ4v) is 2.70. The first-order valence-corrected chi connectivity index (χ1v) is 10.2. The average molecular weight is 390 g/mol. The quantitative estimate of drug-likeness (QED) is 0.149. The molecule has 0 amide bonds. The van der Waals surface area contributed by atoms with Crippen molar-refractivity contribution in [1.29, 1.82) is 0 Å². The maximum absolute atomic E-state index is 11.4. The van der Waals surface area contributed by atoms with Gasteiger partial charge in [0.15, 0.2) is 0 Å². The highest BCUT2D eigenvalue weighted by Crippen LogP contribution is 2.10. The maximum atomic E-state index is 11.4. The molecular formula is C21H40ClNO3. The molecule has 0 unspecified atom stereocenters. The van der Waals surface area contributed by atoms with Crippen molar-refractivity contribution >= 4 is 24.3 Å². The van der Waals surface area contributed by atoms with Crippen LogP contribution in [-0.2, 0) is 14.3 Å².